The first kappa shape index (κ1) is 17.3. The van der Waals surface area contributed by atoms with Crippen molar-refractivity contribution in [1.82, 2.24) is 13.6 Å². The molecule has 1 heterocycles. The van der Waals surface area contributed by atoms with Gasteiger partial charge in [0.2, 0.25) is 0 Å². The van der Waals surface area contributed by atoms with Crippen LogP contribution < -0.4 is 4.72 Å². The number of hydrogen-bond acceptors (Lipinski definition) is 5. The molecule has 0 atom stereocenters. The molecule has 0 spiro atoms. The zero-order valence-electron chi connectivity index (χ0n) is 12.9. The summed E-state index contributed by atoms with van der Waals surface area (Å²) in [6.07, 6.45) is 2.93. The highest BCUT2D eigenvalue weighted by Gasteiger charge is 2.11. The maximum atomic E-state index is 11.6. The molecule has 1 aromatic heterocycles. The smallest absolute Gasteiger partial charge is 0.325 e. The zero-order chi connectivity index (χ0) is 16.1. The van der Waals surface area contributed by atoms with Gasteiger partial charge in [-0.25, -0.2) is 4.31 Å². The summed E-state index contributed by atoms with van der Waals surface area (Å²) < 4.78 is 13.0. The minimum atomic E-state index is -0.246. The van der Waals surface area contributed by atoms with Crippen LogP contribution in [-0.2, 0) is 22.5 Å². The van der Waals surface area contributed by atoms with Crippen LogP contribution in [0, 0.1) is 0 Å². The topological polar surface area (TPSA) is 46.5 Å². The number of benzene rings is 1. The van der Waals surface area contributed by atoms with Crippen LogP contribution in [0.3, 0.4) is 0 Å². The highest BCUT2D eigenvalue weighted by molar-refractivity contribution is 9.10. The quantitative estimate of drug-likeness (QED) is 0.451. The fourth-order valence-corrected chi connectivity index (χ4v) is 3.04. The summed E-state index contributed by atoms with van der Waals surface area (Å²) in [7, 11) is 5.40. The lowest BCUT2D eigenvalue weighted by Gasteiger charge is -2.08. The summed E-state index contributed by atoms with van der Waals surface area (Å²) in [5.74, 6) is -0.246. The van der Waals surface area contributed by atoms with Crippen molar-refractivity contribution in [3.63, 3.8) is 0 Å². The van der Waals surface area contributed by atoms with Gasteiger partial charge in [-0.1, -0.05) is 22.0 Å². The first-order valence-corrected chi connectivity index (χ1v) is 8.49. The van der Waals surface area contributed by atoms with Crippen molar-refractivity contribution >= 4 is 44.9 Å². The molecular formula is C15H20BrN3O2S. The van der Waals surface area contributed by atoms with Crippen molar-refractivity contribution in [2.75, 3.05) is 27.7 Å². The van der Waals surface area contributed by atoms with Gasteiger partial charge in [0.1, 0.15) is 6.54 Å². The van der Waals surface area contributed by atoms with E-state index in [0.29, 0.717) is 0 Å². The molecule has 0 radical (unpaired) electrons. The van der Waals surface area contributed by atoms with Gasteiger partial charge in [0, 0.05) is 40.3 Å². The van der Waals surface area contributed by atoms with Gasteiger partial charge in [0.15, 0.2) is 0 Å². The van der Waals surface area contributed by atoms with Gasteiger partial charge >= 0.3 is 5.97 Å². The van der Waals surface area contributed by atoms with E-state index in [1.165, 1.54) is 18.1 Å². The summed E-state index contributed by atoms with van der Waals surface area (Å²) in [6, 6.07) is 6.14. The van der Waals surface area contributed by atoms with Crippen molar-refractivity contribution in [1.29, 1.82) is 0 Å². The molecule has 5 nitrogen and oxygen atoms in total. The molecule has 0 aliphatic carbocycles. The van der Waals surface area contributed by atoms with Crippen LogP contribution in [0.1, 0.15) is 5.56 Å². The average molecular weight is 386 g/mol. The van der Waals surface area contributed by atoms with Crippen molar-refractivity contribution in [2.45, 2.75) is 13.0 Å². The third kappa shape index (κ3) is 4.49. The van der Waals surface area contributed by atoms with E-state index in [-0.39, 0.29) is 12.5 Å². The van der Waals surface area contributed by atoms with E-state index in [1.807, 2.05) is 41.3 Å². The predicted octanol–water partition coefficient (Wildman–Crippen LogP) is 2.83. The SMILES string of the molecule is COC(=O)Cn1cc(CCNSN(C)C)c2ccc(Br)cc21. The Hall–Kier alpha value is -1.02. The largest absolute Gasteiger partial charge is 0.468 e. The summed E-state index contributed by atoms with van der Waals surface area (Å²) >= 11 is 5.06. The molecular weight excluding hydrogens is 366 g/mol. The van der Waals surface area contributed by atoms with Crippen molar-refractivity contribution < 1.29 is 9.53 Å². The highest BCUT2D eigenvalue weighted by atomic mass is 79.9. The van der Waals surface area contributed by atoms with Crippen LogP contribution in [0.2, 0.25) is 0 Å². The zero-order valence-corrected chi connectivity index (χ0v) is 15.3. The number of nitrogens with one attached hydrogen (secondary N) is 1. The normalized spacial score (nSPS) is 11.3. The molecule has 0 fully saturated rings. The van der Waals surface area contributed by atoms with Gasteiger partial charge < -0.3 is 9.30 Å². The molecule has 7 heteroatoms. The summed E-state index contributed by atoms with van der Waals surface area (Å²) in [5, 5.41) is 1.17. The van der Waals surface area contributed by atoms with Crippen molar-refractivity contribution in [3.8, 4) is 0 Å². The lowest BCUT2D eigenvalue weighted by atomic mass is 10.1. The van der Waals surface area contributed by atoms with Crippen LogP contribution in [0.15, 0.2) is 28.9 Å². The Morgan fingerprint density at radius 2 is 2.23 bits per heavy atom. The second-order valence-corrected chi connectivity index (χ2v) is 7.19. The lowest BCUT2D eigenvalue weighted by Crippen LogP contribution is -2.15. The average Bonchev–Trinajstić information content (AvgIpc) is 2.80. The number of rotatable bonds is 7. The summed E-state index contributed by atoms with van der Waals surface area (Å²) in [5.41, 5.74) is 2.26. The maximum absolute atomic E-state index is 11.6. The second kappa shape index (κ2) is 8.01. The third-order valence-corrected chi connectivity index (χ3v) is 4.39. The van der Waals surface area contributed by atoms with E-state index in [4.69, 9.17) is 4.74 Å². The molecule has 0 saturated carbocycles. The first-order chi connectivity index (χ1) is 10.5. The maximum Gasteiger partial charge on any atom is 0.325 e. The Morgan fingerprint density at radius 1 is 1.45 bits per heavy atom. The molecule has 120 valence electrons. The molecule has 0 aliphatic heterocycles. The van der Waals surface area contributed by atoms with Gasteiger partial charge in [-0.2, -0.15) is 0 Å². The Bertz CT molecular complexity index is 658. The minimum absolute atomic E-state index is 0.226. The fraction of sp³-hybridized carbons (Fsp3) is 0.400. The molecule has 0 unspecified atom stereocenters. The van der Waals surface area contributed by atoms with Gasteiger partial charge in [-0.3, -0.25) is 9.52 Å². The fourth-order valence-electron chi connectivity index (χ4n) is 2.24. The summed E-state index contributed by atoms with van der Waals surface area (Å²) in [6.45, 7) is 1.08. The number of hydrogen-bond donors (Lipinski definition) is 1. The number of methoxy groups -OCH3 is 1. The van der Waals surface area contributed by atoms with Crippen LogP contribution in [0.5, 0.6) is 0 Å². The van der Waals surface area contributed by atoms with E-state index in [2.05, 4.69) is 26.7 Å². The van der Waals surface area contributed by atoms with Crippen LogP contribution in [0.4, 0.5) is 0 Å². The molecule has 2 rings (SSSR count). The van der Waals surface area contributed by atoms with Gasteiger partial charge in [0.25, 0.3) is 0 Å². The van der Waals surface area contributed by atoms with E-state index < -0.39 is 0 Å². The monoisotopic (exact) mass is 385 g/mol. The number of nitrogens with zero attached hydrogens (tertiary/aromatic N) is 2. The van der Waals surface area contributed by atoms with E-state index in [0.717, 1.165) is 23.0 Å². The minimum Gasteiger partial charge on any atom is -0.468 e. The Balaban J connectivity index is 2.20. The first-order valence-electron chi connectivity index (χ1n) is 6.92. The molecule has 1 aromatic carbocycles. The number of ether oxygens (including phenoxy) is 1. The number of aromatic nitrogens is 1. The molecule has 1 N–H and O–H groups in total. The van der Waals surface area contributed by atoms with Crippen LogP contribution in [0.25, 0.3) is 10.9 Å². The van der Waals surface area contributed by atoms with Crippen LogP contribution >= 0.6 is 28.1 Å². The lowest BCUT2D eigenvalue weighted by molar-refractivity contribution is -0.141. The number of carbonyl (C=O) groups excluding carboxylic acids is 1. The molecule has 2 aromatic rings. The number of halogens is 1. The van der Waals surface area contributed by atoms with Gasteiger partial charge in [0.05, 0.1) is 7.11 Å². The van der Waals surface area contributed by atoms with E-state index >= 15 is 0 Å². The molecule has 0 saturated heterocycles. The summed E-state index contributed by atoms with van der Waals surface area (Å²) in [4.78, 5) is 11.6. The second-order valence-electron chi connectivity index (χ2n) is 5.07. The number of esters is 1. The van der Waals surface area contributed by atoms with Gasteiger partial charge in [-0.15, -0.1) is 0 Å². The van der Waals surface area contributed by atoms with E-state index in [1.54, 1.807) is 12.1 Å². The third-order valence-electron chi connectivity index (χ3n) is 3.20. The Morgan fingerprint density at radius 3 is 2.91 bits per heavy atom. The molecule has 22 heavy (non-hydrogen) atoms. The Labute approximate surface area is 143 Å². The van der Waals surface area contributed by atoms with Crippen molar-refractivity contribution in [3.05, 3.63) is 34.4 Å². The van der Waals surface area contributed by atoms with Crippen LogP contribution in [-0.4, -0.2) is 42.6 Å². The number of fused-ring (bicyclic) bond motifs is 1. The Kier molecular flexibility index (Phi) is 6.31. The van der Waals surface area contributed by atoms with E-state index in [9.17, 15) is 4.79 Å². The standard InChI is InChI=1S/C15H20BrN3O2S/c1-18(2)22-17-7-6-11-9-19(10-15(20)21-3)14-8-12(16)4-5-13(11)14/h4-5,8-9,17H,6-7,10H2,1-3H3. The molecule has 0 amide bonds. The predicted molar refractivity (Wildman–Crippen MR) is 94.6 cm³/mol. The van der Waals surface area contributed by atoms with Gasteiger partial charge in [-0.05, 0) is 38.2 Å². The molecule has 0 bridgehead atoms. The number of carbonyl (C=O) groups is 1. The highest BCUT2D eigenvalue weighted by Crippen LogP contribution is 2.25. The molecule has 0 aliphatic rings. The van der Waals surface area contributed by atoms with Crippen molar-refractivity contribution in [2.24, 2.45) is 0 Å².